The van der Waals surface area contributed by atoms with E-state index in [-0.39, 0.29) is 42.8 Å². The Labute approximate surface area is 180 Å². The summed E-state index contributed by atoms with van der Waals surface area (Å²) >= 11 is 0. The highest BCUT2D eigenvalue weighted by Crippen LogP contribution is 2.45. The standard InChI is InChI=1S/C21H38N2O6S/c1-2-3-8-13-30(27,28)23-15-20(24)22-14-17-16(18-11-12-19(17)29-18)9-6-4-5-7-10-21(25)26/h16-19,23H,2-15H2,1H3,(H,22,24)(H,25,26)/t16-,17+,18-,19+/m0/s1. The van der Waals surface area contributed by atoms with Gasteiger partial charge in [-0.25, -0.2) is 13.1 Å². The van der Waals surface area contributed by atoms with Gasteiger partial charge in [-0.05, 0) is 38.0 Å². The van der Waals surface area contributed by atoms with Crippen LogP contribution in [0.2, 0.25) is 0 Å². The predicted octanol–water partition coefficient (Wildman–Crippen LogP) is 2.43. The molecule has 0 spiro atoms. The average molecular weight is 447 g/mol. The summed E-state index contributed by atoms with van der Waals surface area (Å²) < 4.78 is 32.3. The molecule has 1 amide bonds. The van der Waals surface area contributed by atoms with E-state index in [1.165, 1.54) is 0 Å². The van der Waals surface area contributed by atoms with E-state index >= 15 is 0 Å². The first kappa shape index (κ1) is 25.1. The first-order valence-corrected chi connectivity index (χ1v) is 13.1. The third kappa shape index (κ3) is 8.51. The first-order valence-electron chi connectivity index (χ1n) is 11.4. The number of ether oxygens (including phenoxy) is 1. The van der Waals surface area contributed by atoms with Crippen LogP contribution in [0.1, 0.15) is 77.6 Å². The Kier molecular flexibility index (Phi) is 10.5. The maximum atomic E-state index is 12.1. The van der Waals surface area contributed by atoms with Crippen LogP contribution in [0.4, 0.5) is 0 Å². The Morgan fingerprint density at radius 3 is 2.40 bits per heavy atom. The molecule has 2 saturated heterocycles. The van der Waals surface area contributed by atoms with Gasteiger partial charge in [-0.2, -0.15) is 0 Å². The van der Waals surface area contributed by atoms with Gasteiger partial charge in [0.15, 0.2) is 0 Å². The second-order valence-corrected chi connectivity index (χ2v) is 10.5. The van der Waals surface area contributed by atoms with Crippen LogP contribution < -0.4 is 10.0 Å². The summed E-state index contributed by atoms with van der Waals surface area (Å²) in [5, 5.41) is 11.6. The smallest absolute Gasteiger partial charge is 0.303 e. The van der Waals surface area contributed by atoms with Crippen molar-refractivity contribution < 1.29 is 27.9 Å². The van der Waals surface area contributed by atoms with E-state index in [1.54, 1.807) is 0 Å². The molecule has 2 heterocycles. The molecule has 2 aliphatic rings. The molecule has 9 heteroatoms. The van der Waals surface area contributed by atoms with Crippen molar-refractivity contribution >= 4 is 21.9 Å². The third-order valence-electron chi connectivity index (χ3n) is 6.27. The predicted molar refractivity (Wildman–Crippen MR) is 115 cm³/mol. The number of carboxylic acid groups (broad SMARTS) is 1. The van der Waals surface area contributed by atoms with Crippen LogP contribution >= 0.6 is 0 Å². The Balaban J connectivity index is 1.68. The van der Waals surface area contributed by atoms with Crippen molar-refractivity contribution in [3.63, 3.8) is 0 Å². The average Bonchev–Trinajstić information content (AvgIpc) is 3.29. The van der Waals surface area contributed by atoms with E-state index in [4.69, 9.17) is 9.84 Å². The number of aliphatic carboxylic acids is 1. The molecule has 0 aromatic carbocycles. The second-order valence-electron chi connectivity index (χ2n) is 8.62. The number of hydrogen-bond acceptors (Lipinski definition) is 5. The molecule has 3 N–H and O–H groups in total. The molecular weight excluding hydrogens is 408 g/mol. The zero-order valence-electron chi connectivity index (χ0n) is 18.1. The summed E-state index contributed by atoms with van der Waals surface area (Å²) in [7, 11) is -3.40. The summed E-state index contributed by atoms with van der Waals surface area (Å²) in [6.45, 7) is 2.31. The number of hydrogen-bond donors (Lipinski definition) is 3. The Morgan fingerprint density at radius 1 is 1.00 bits per heavy atom. The normalized spacial score (nSPS) is 25.5. The molecule has 174 valence electrons. The van der Waals surface area contributed by atoms with Gasteiger partial charge < -0.3 is 15.2 Å². The number of unbranched alkanes of at least 4 members (excludes halogenated alkanes) is 5. The fourth-order valence-corrected chi connectivity index (χ4v) is 5.73. The molecule has 0 aromatic rings. The lowest BCUT2D eigenvalue weighted by molar-refractivity contribution is -0.137. The van der Waals surface area contributed by atoms with Crippen molar-refractivity contribution in [2.45, 2.75) is 89.8 Å². The summed E-state index contributed by atoms with van der Waals surface area (Å²) in [6, 6.07) is 0. The molecule has 4 atom stereocenters. The van der Waals surface area contributed by atoms with Crippen LogP contribution in [-0.2, 0) is 24.3 Å². The van der Waals surface area contributed by atoms with Gasteiger partial charge in [0.1, 0.15) is 0 Å². The lowest BCUT2D eigenvalue weighted by Crippen LogP contribution is -2.42. The molecule has 2 bridgehead atoms. The number of amides is 1. The summed E-state index contributed by atoms with van der Waals surface area (Å²) in [5.41, 5.74) is 0. The second kappa shape index (κ2) is 12.6. The Hall–Kier alpha value is -1.19. The van der Waals surface area contributed by atoms with Gasteiger partial charge in [0.05, 0.1) is 24.5 Å². The Morgan fingerprint density at radius 2 is 1.70 bits per heavy atom. The van der Waals surface area contributed by atoms with Crippen LogP contribution in [0.25, 0.3) is 0 Å². The number of carbonyl (C=O) groups excluding carboxylic acids is 1. The van der Waals surface area contributed by atoms with Crippen LogP contribution in [0, 0.1) is 11.8 Å². The van der Waals surface area contributed by atoms with Crippen molar-refractivity contribution in [3.05, 3.63) is 0 Å². The van der Waals surface area contributed by atoms with Crippen molar-refractivity contribution in [1.82, 2.24) is 10.0 Å². The van der Waals surface area contributed by atoms with Gasteiger partial charge in [0.25, 0.3) is 0 Å². The van der Waals surface area contributed by atoms with Crippen LogP contribution in [-0.4, -0.2) is 56.5 Å². The number of sulfonamides is 1. The van der Waals surface area contributed by atoms with Gasteiger partial charge in [0.2, 0.25) is 15.9 Å². The van der Waals surface area contributed by atoms with E-state index in [0.717, 1.165) is 57.8 Å². The molecule has 0 aromatic heterocycles. The SMILES string of the molecule is CCCCCS(=O)(=O)NCC(=O)NC[C@@H]1[C@H](CCCCCCC(=O)O)[C@@H]2CC[C@H]1O2. The lowest BCUT2D eigenvalue weighted by Gasteiger charge is -2.28. The molecule has 2 aliphatic heterocycles. The van der Waals surface area contributed by atoms with Crippen LogP contribution in [0.3, 0.4) is 0 Å². The molecule has 30 heavy (non-hydrogen) atoms. The van der Waals surface area contributed by atoms with Gasteiger partial charge in [-0.15, -0.1) is 0 Å². The van der Waals surface area contributed by atoms with E-state index in [1.807, 2.05) is 6.92 Å². The molecular formula is C21H38N2O6S. The van der Waals surface area contributed by atoms with Gasteiger partial charge in [0, 0.05) is 18.9 Å². The maximum Gasteiger partial charge on any atom is 0.303 e. The van der Waals surface area contributed by atoms with E-state index in [9.17, 15) is 18.0 Å². The van der Waals surface area contributed by atoms with Gasteiger partial charge >= 0.3 is 5.97 Å². The summed E-state index contributed by atoms with van der Waals surface area (Å²) in [5.74, 6) is -0.301. The molecule has 0 saturated carbocycles. The van der Waals surface area contributed by atoms with E-state index in [2.05, 4.69) is 10.0 Å². The highest BCUT2D eigenvalue weighted by Gasteiger charge is 2.48. The monoisotopic (exact) mass is 446 g/mol. The van der Waals surface area contributed by atoms with Crippen molar-refractivity contribution in [1.29, 1.82) is 0 Å². The number of carbonyl (C=O) groups is 2. The van der Waals surface area contributed by atoms with Gasteiger partial charge in [-0.1, -0.05) is 39.0 Å². The minimum atomic E-state index is -3.40. The lowest BCUT2D eigenvalue weighted by atomic mass is 9.76. The Bertz CT molecular complexity index is 654. The zero-order chi connectivity index (χ0) is 22.0. The van der Waals surface area contributed by atoms with Crippen molar-refractivity contribution in [2.75, 3.05) is 18.8 Å². The molecule has 2 fully saturated rings. The van der Waals surface area contributed by atoms with Crippen molar-refractivity contribution in [2.24, 2.45) is 11.8 Å². The molecule has 0 radical (unpaired) electrons. The minimum Gasteiger partial charge on any atom is -0.481 e. The highest BCUT2D eigenvalue weighted by molar-refractivity contribution is 7.89. The summed E-state index contributed by atoms with van der Waals surface area (Å²) in [4.78, 5) is 22.7. The minimum absolute atomic E-state index is 0.0584. The largest absolute Gasteiger partial charge is 0.481 e. The number of nitrogens with one attached hydrogen (secondary N) is 2. The zero-order valence-corrected chi connectivity index (χ0v) is 18.9. The number of rotatable bonds is 16. The first-order chi connectivity index (χ1) is 14.3. The number of carboxylic acids is 1. The van der Waals surface area contributed by atoms with Gasteiger partial charge in [-0.3, -0.25) is 9.59 Å². The van der Waals surface area contributed by atoms with Crippen LogP contribution in [0.5, 0.6) is 0 Å². The fourth-order valence-electron chi connectivity index (χ4n) is 4.65. The van der Waals surface area contributed by atoms with E-state index in [0.29, 0.717) is 18.9 Å². The summed E-state index contributed by atoms with van der Waals surface area (Å²) in [6.07, 6.45) is 9.89. The topological polar surface area (TPSA) is 122 Å². The van der Waals surface area contributed by atoms with Crippen LogP contribution in [0.15, 0.2) is 0 Å². The fraction of sp³-hybridized carbons (Fsp3) is 0.905. The third-order valence-corrected chi connectivity index (χ3v) is 7.68. The van der Waals surface area contributed by atoms with E-state index < -0.39 is 16.0 Å². The number of fused-ring (bicyclic) bond motifs is 2. The molecule has 2 rings (SSSR count). The quantitative estimate of drug-likeness (QED) is 0.313. The molecule has 0 aliphatic carbocycles. The highest BCUT2D eigenvalue weighted by atomic mass is 32.2. The van der Waals surface area contributed by atoms with Crippen molar-refractivity contribution in [3.8, 4) is 0 Å². The molecule has 0 unspecified atom stereocenters. The molecule has 8 nitrogen and oxygen atoms in total. The maximum absolute atomic E-state index is 12.1.